The largest absolute Gasteiger partial charge is 0.309 e. The Hall–Kier alpha value is -1.46. The molecule has 1 atom stereocenters. The van der Waals surface area contributed by atoms with Crippen LogP contribution in [0.1, 0.15) is 46.1 Å². The SMILES string of the molecule is CC/C=C/CSCC(C(=O)N(C)C1=C(C)CC=C(c2cccnc2)S1)C(C)C. The van der Waals surface area contributed by atoms with Gasteiger partial charge in [0.15, 0.2) is 0 Å². The molecule has 0 fully saturated rings. The Morgan fingerprint density at radius 2 is 2.18 bits per heavy atom. The smallest absolute Gasteiger partial charge is 0.231 e. The Balaban J connectivity index is 2.07. The number of hydrogen-bond donors (Lipinski definition) is 0. The maximum absolute atomic E-state index is 13.3. The van der Waals surface area contributed by atoms with E-state index in [0.717, 1.165) is 34.9 Å². The van der Waals surface area contributed by atoms with Gasteiger partial charge in [-0.2, -0.15) is 11.8 Å². The Labute approximate surface area is 178 Å². The van der Waals surface area contributed by atoms with E-state index in [1.54, 1.807) is 18.0 Å². The van der Waals surface area contributed by atoms with Crippen molar-refractivity contribution >= 4 is 34.3 Å². The molecule has 2 heterocycles. The van der Waals surface area contributed by atoms with Gasteiger partial charge in [0, 0.05) is 47.3 Å². The number of hydrogen-bond acceptors (Lipinski definition) is 4. The van der Waals surface area contributed by atoms with Gasteiger partial charge in [-0.1, -0.05) is 56.8 Å². The van der Waals surface area contributed by atoms with Crippen molar-refractivity contribution in [1.82, 2.24) is 9.88 Å². The van der Waals surface area contributed by atoms with Gasteiger partial charge in [0.05, 0.1) is 5.03 Å². The summed E-state index contributed by atoms with van der Waals surface area (Å²) in [4.78, 5) is 20.6. The number of rotatable bonds is 9. The lowest BCUT2D eigenvalue weighted by Gasteiger charge is -2.30. The average molecular weight is 417 g/mol. The molecule has 152 valence electrons. The fourth-order valence-corrected chi connectivity index (χ4v) is 5.29. The second-order valence-electron chi connectivity index (χ2n) is 7.37. The molecule has 1 aliphatic heterocycles. The van der Waals surface area contributed by atoms with E-state index in [9.17, 15) is 4.79 Å². The molecule has 0 saturated heterocycles. The van der Waals surface area contributed by atoms with E-state index in [4.69, 9.17) is 0 Å². The number of thioether (sulfide) groups is 2. The van der Waals surface area contributed by atoms with Gasteiger partial charge in [-0.15, -0.1) is 0 Å². The van der Waals surface area contributed by atoms with Crippen molar-refractivity contribution < 1.29 is 4.79 Å². The first-order valence-electron chi connectivity index (χ1n) is 9.94. The van der Waals surface area contributed by atoms with Crippen LogP contribution in [0.5, 0.6) is 0 Å². The molecule has 0 aromatic carbocycles. The van der Waals surface area contributed by atoms with Crippen LogP contribution >= 0.6 is 23.5 Å². The summed E-state index contributed by atoms with van der Waals surface area (Å²) in [5, 5.41) is 1.06. The van der Waals surface area contributed by atoms with Gasteiger partial charge in [0.1, 0.15) is 0 Å². The average Bonchev–Trinajstić information content (AvgIpc) is 2.70. The predicted octanol–water partition coefficient (Wildman–Crippen LogP) is 6.22. The zero-order valence-corrected chi connectivity index (χ0v) is 19.3. The summed E-state index contributed by atoms with van der Waals surface area (Å²) in [6.07, 6.45) is 12.2. The molecule has 0 spiro atoms. The molecule has 1 aromatic rings. The number of carbonyl (C=O) groups is 1. The first kappa shape index (κ1) is 22.8. The summed E-state index contributed by atoms with van der Waals surface area (Å²) in [7, 11) is 1.93. The molecule has 0 N–H and O–H groups in total. The fraction of sp³-hybridized carbons (Fsp3) is 0.478. The van der Waals surface area contributed by atoms with Crippen LogP contribution in [0.4, 0.5) is 0 Å². The van der Waals surface area contributed by atoms with Crippen LogP contribution in [0.15, 0.2) is 53.4 Å². The summed E-state index contributed by atoms with van der Waals surface area (Å²) in [5.41, 5.74) is 2.35. The molecule has 0 saturated carbocycles. The quantitative estimate of drug-likeness (QED) is 0.353. The highest BCUT2D eigenvalue weighted by atomic mass is 32.2. The Kier molecular flexibility index (Phi) is 9.39. The monoisotopic (exact) mass is 416 g/mol. The molecule has 0 bridgehead atoms. The standard InChI is InChI=1S/C23H32N2OS2/c1-6-7-8-14-27-16-20(17(2)3)22(26)25(5)23-18(4)11-12-21(28-23)19-10-9-13-24-15-19/h7-10,12-13,15,17,20H,6,11,14,16H2,1-5H3/b8-7+. The maximum atomic E-state index is 13.3. The fourth-order valence-electron chi connectivity index (χ4n) is 3.00. The highest BCUT2D eigenvalue weighted by Crippen LogP contribution is 2.42. The highest BCUT2D eigenvalue weighted by molar-refractivity contribution is 8.11. The van der Waals surface area contributed by atoms with Crippen LogP contribution < -0.4 is 0 Å². The van der Waals surface area contributed by atoms with E-state index in [1.807, 2.05) is 36.0 Å². The third-order valence-corrected chi connectivity index (χ3v) is 7.24. The lowest BCUT2D eigenvalue weighted by molar-refractivity contribution is -0.132. The van der Waals surface area contributed by atoms with Gasteiger partial charge in [0.2, 0.25) is 5.91 Å². The van der Waals surface area contributed by atoms with Gasteiger partial charge in [-0.25, -0.2) is 0 Å². The number of pyridine rings is 1. The summed E-state index contributed by atoms with van der Waals surface area (Å²) in [5.74, 6) is 2.39. The maximum Gasteiger partial charge on any atom is 0.231 e. The third kappa shape index (κ3) is 6.28. The van der Waals surface area contributed by atoms with Crippen LogP contribution in [0.2, 0.25) is 0 Å². The van der Waals surface area contributed by atoms with Gasteiger partial charge >= 0.3 is 0 Å². The molecule has 3 nitrogen and oxygen atoms in total. The minimum Gasteiger partial charge on any atom is -0.309 e. The van der Waals surface area contributed by atoms with Crippen molar-refractivity contribution in [3.63, 3.8) is 0 Å². The molecule has 1 aliphatic rings. The van der Waals surface area contributed by atoms with E-state index < -0.39 is 0 Å². The minimum atomic E-state index is 0.0266. The number of carbonyl (C=O) groups excluding carboxylic acids is 1. The van der Waals surface area contributed by atoms with Gasteiger partial charge in [0.25, 0.3) is 0 Å². The Morgan fingerprint density at radius 1 is 1.39 bits per heavy atom. The predicted molar refractivity (Wildman–Crippen MR) is 125 cm³/mol. The topological polar surface area (TPSA) is 33.2 Å². The van der Waals surface area contributed by atoms with Crippen molar-refractivity contribution in [1.29, 1.82) is 0 Å². The Bertz CT molecular complexity index is 738. The number of aromatic nitrogens is 1. The van der Waals surface area contributed by atoms with Crippen molar-refractivity contribution in [2.75, 3.05) is 18.6 Å². The molecule has 5 heteroatoms. The lowest BCUT2D eigenvalue weighted by Crippen LogP contribution is -2.36. The van der Waals surface area contributed by atoms with Gasteiger partial charge in [-0.05, 0) is 37.3 Å². The van der Waals surface area contributed by atoms with Gasteiger partial charge in [-0.3, -0.25) is 9.78 Å². The molecular formula is C23H32N2OS2. The number of amides is 1. The van der Waals surface area contributed by atoms with Crippen molar-refractivity contribution in [3.8, 4) is 0 Å². The minimum absolute atomic E-state index is 0.0266. The summed E-state index contributed by atoms with van der Waals surface area (Å²) >= 11 is 3.52. The number of allylic oxidation sites excluding steroid dienone is 3. The highest BCUT2D eigenvalue weighted by Gasteiger charge is 2.29. The van der Waals surface area contributed by atoms with E-state index in [-0.39, 0.29) is 11.8 Å². The summed E-state index contributed by atoms with van der Waals surface area (Å²) in [6, 6.07) is 4.03. The second-order valence-corrected chi connectivity index (χ2v) is 9.47. The molecule has 0 radical (unpaired) electrons. The van der Waals surface area contributed by atoms with E-state index in [1.165, 1.54) is 10.5 Å². The molecule has 1 amide bonds. The molecular weight excluding hydrogens is 384 g/mol. The molecule has 0 aliphatic carbocycles. The zero-order valence-electron chi connectivity index (χ0n) is 17.6. The lowest BCUT2D eigenvalue weighted by atomic mass is 9.96. The molecule has 28 heavy (non-hydrogen) atoms. The van der Waals surface area contributed by atoms with E-state index in [2.05, 4.69) is 57.0 Å². The van der Waals surface area contributed by atoms with Crippen LogP contribution in [0, 0.1) is 11.8 Å². The molecule has 1 aromatic heterocycles. The van der Waals surface area contributed by atoms with Crippen LogP contribution in [0.3, 0.4) is 0 Å². The van der Waals surface area contributed by atoms with Crippen LogP contribution in [-0.4, -0.2) is 34.3 Å². The van der Waals surface area contributed by atoms with Crippen LogP contribution in [-0.2, 0) is 4.79 Å². The third-order valence-electron chi connectivity index (χ3n) is 4.78. The number of nitrogens with zero attached hydrogens (tertiary/aromatic N) is 2. The Morgan fingerprint density at radius 3 is 2.82 bits per heavy atom. The van der Waals surface area contributed by atoms with E-state index >= 15 is 0 Å². The van der Waals surface area contributed by atoms with Crippen LogP contribution in [0.25, 0.3) is 4.91 Å². The first-order valence-corrected chi connectivity index (χ1v) is 11.9. The second kappa shape index (κ2) is 11.5. The summed E-state index contributed by atoms with van der Waals surface area (Å²) < 4.78 is 0. The molecule has 1 unspecified atom stereocenters. The van der Waals surface area contributed by atoms with E-state index in [0.29, 0.717) is 5.92 Å². The van der Waals surface area contributed by atoms with Gasteiger partial charge < -0.3 is 4.90 Å². The van der Waals surface area contributed by atoms with Crippen molar-refractivity contribution in [2.45, 2.75) is 40.5 Å². The molecule has 2 rings (SSSR count). The summed E-state index contributed by atoms with van der Waals surface area (Å²) in [6.45, 7) is 8.56. The zero-order chi connectivity index (χ0) is 20.5. The van der Waals surface area contributed by atoms with Crippen molar-refractivity contribution in [2.24, 2.45) is 11.8 Å². The normalized spacial score (nSPS) is 15.9. The van der Waals surface area contributed by atoms with Crippen molar-refractivity contribution in [3.05, 3.63) is 58.9 Å². The first-order chi connectivity index (χ1) is 13.5.